The number of amides is 1. The van der Waals surface area contributed by atoms with E-state index < -0.39 is 11.9 Å². The first-order chi connectivity index (χ1) is 13.8. The van der Waals surface area contributed by atoms with Crippen LogP contribution in [0.3, 0.4) is 0 Å². The van der Waals surface area contributed by atoms with E-state index in [9.17, 15) is 9.59 Å². The van der Waals surface area contributed by atoms with E-state index in [0.29, 0.717) is 5.82 Å². The highest BCUT2D eigenvalue weighted by Gasteiger charge is 2.21. The number of carbonyl (C=O) groups excluding carboxylic acids is 2. The predicted octanol–water partition coefficient (Wildman–Crippen LogP) is 4.43. The van der Waals surface area contributed by atoms with Crippen LogP contribution >= 0.6 is 11.3 Å². The van der Waals surface area contributed by atoms with Crippen molar-refractivity contribution in [1.82, 2.24) is 9.78 Å². The van der Waals surface area contributed by atoms with E-state index in [2.05, 4.69) is 31.2 Å². The molecule has 0 unspecified atom stereocenters. The topological polar surface area (TPSA) is 73.2 Å². The normalized spacial score (nSPS) is 11.6. The highest BCUT2D eigenvalue weighted by Crippen LogP contribution is 2.26. The molecular formula is C22H23N3O3S. The average Bonchev–Trinajstić information content (AvgIpc) is 3.35. The molecule has 0 fully saturated rings. The van der Waals surface area contributed by atoms with Crippen molar-refractivity contribution in [3.8, 4) is 5.69 Å². The number of benzene rings is 1. The number of hydrogen-bond acceptors (Lipinski definition) is 5. The van der Waals surface area contributed by atoms with Gasteiger partial charge in [-0.25, -0.2) is 9.48 Å². The number of aromatic nitrogens is 2. The van der Waals surface area contributed by atoms with Crippen LogP contribution in [0.15, 0.2) is 60.0 Å². The van der Waals surface area contributed by atoms with E-state index in [4.69, 9.17) is 4.74 Å². The van der Waals surface area contributed by atoms with Gasteiger partial charge >= 0.3 is 5.97 Å². The summed E-state index contributed by atoms with van der Waals surface area (Å²) in [7, 11) is 0. The molecular weight excluding hydrogens is 386 g/mol. The lowest BCUT2D eigenvalue weighted by molar-refractivity contribution is -0.142. The second kappa shape index (κ2) is 8.87. The van der Waals surface area contributed by atoms with Crippen molar-refractivity contribution in [1.29, 1.82) is 0 Å². The minimum absolute atomic E-state index is 0.182. The van der Waals surface area contributed by atoms with Crippen LogP contribution in [0.25, 0.3) is 11.8 Å². The Bertz CT molecular complexity index is 1000. The van der Waals surface area contributed by atoms with Crippen molar-refractivity contribution in [2.45, 2.75) is 26.2 Å². The molecule has 0 saturated heterocycles. The molecule has 0 spiro atoms. The molecule has 3 rings (SSSR count). The fourth-order valence-electron chi connectivity index (χ4n) is 2.50. The third-order valence-electron chi connectivity index (χ3n) is 4.02. The molecule has 0 aliphatic carbocycles. The number of nitrogens with zero attached hydrogens (tertiary/aromatic N) is 2. The maximum atomic E-state index is 12.3. The lowest BCUT2D eigenvalue weighted by atomic mass is 9.92. The zero-order valence-electron chi connectivity index (χ0n) is 16.6. The lowest BCUT2D eigenvalue weighted by Gasteiger charge is -2.14. The van der Waals surface area contributed by atoms with Gasteiger partial charge in [0, 0.05) is 22.4 Å². The Labute approximate surface area is 173 Å². The molecule has 150 valence electrons. The third-order valence-corrected chi connectivity index (χ3v) is 4.86. The molecule has 2 heterocycles. The summed E-state index contributed by atoms with van der Waals surface area (Å²) in [4.78, 5) is 25.1. The maximum absolute atomic E-state index is 12.3. The molecule has 0 atom stereocenters. The Balaban J connectivity index is 1.67. The van der Waals surface area contributed by atoms with E-state index in [1.54, 1.807) is 10.8 Å². The molecule has 0 aliphatic heterocycles. The van der Waals surface area contributed by atoms with Crippen molar-refractivity contribution in [3.63, 3.8) is 0 Å². The third kappa shape index (κ3) is 5.65. The van der Waals surface area contributed by atoms with Crippen molar-refractivity contribution in [2.24, 2.45) is 0 Å². The predicted molar refractivity (Wildman–Crippen MR) is 115 cm³/mol. The van der Waals surface area contributed by atoms with E-state index in [1.807, 2.05) is 53.9 Å². The van der Waals surface area contributed by atoms with Crippen LogP contribution in [0.2, 0.25) is 0 Å². The molecule has 0 saturated carbocycles. The molecule has 3 aromatic rings. The fraction of sp³-hybridized carbons (Fsp3) is 0.227. The number of hydrogen-bond donors (Lipinski definition) is 1. The molecule has 0 bridgehead atoms. The zero-order valence-corrected chi connectivity index (χ0v) is 17.4. The van der Waals surface area contributed by atoms with Gasteiger partial charge in [-0.05, 0) is 29.7 Å². The molecule has 1 amide bonds. The van der Waals surface area contributed by atoms with Crippen LogP contribution in [0.4, 0.5) is 5.82 Å². The van der Waals surface area contributed by atoms with Crippen molar-refractivity contribution >= 4 is 35.1 Å². The van der Waals surface area contributed by atoms with Gasteiger partial charge in [-0.15, -0.1) is 11.3 Å². The zero-order chi connectivity index (χ0) is 20.9. The van der Waals surface area contributed by atoms with Gasteiger partial charge < -0.3 is 10.1 Å². The summed E-state index contributed by atoms with van der Waals surface area (Å²) in [6.45, 7) is 5.78. The lowest BCUT2D eigenvalue weighted by Crippen LogP contribution is -2.21. The van der Waals surface area contributed by atoms with Crippen LogP contribution in [0.5, 0.6) is 0 Å². The van der Waals surface area contributed by atoms with Crippen LogP contribution in [0.1, 0.15) is 31.3 Å². The number of para-hydroxylation sites is 1. The Kier molecular flexibility index (Phi) is 6.29. The minimum atomic E-state index is -0.569. The largest absolute Gasteiger partial charge is 0.452 e. The summed E-state index contributed by atoms with van der Waals surface area (Å²) >= 11 is 1.51. The second-order valence-corrected chi connectivity index (χ2v) is 8.40. The van der Waals surface area contributed by atoms with Crippen LogP contribution in [-0.4, -0.2) is 28.3 Å². The van der Waals surface area contributed by atoms with Gasteiger partial charge in [-0.1, -0.05) is 45.0 Å². The average molecular weight is 410 g/mol. The summed E-state index contributed by atoms with van der Waals surface area (Å²) in [6, 6.07) is 15.2. The summed E-state index contributed by atoms with van der Waals surface area (Å²) in [5.74, 6) is -0.475. The first-order valence-corrected chi connectivity index (χ1v) is 10.0. The number of thiophene rings is 1. The highest BCUT2D eigenvalue weighted by molar-refractivity contribution is 7.10. The number of carbonyl (C=O) groups is 2. The summed E-state index contributed by atoms with van der Waals surface area (Å²) < 4.78 is 6.71. The second-order valence-electron chi connectivity index (χ2n) is 7.42. The van der Waals surface area contributed by atoms with Crippen molar-refractivity contribution < 1.29 is 14.3 Å². The Hall–Kier alpha value is -3.19. The van der Waals surface area contributed by atoms with Crippen LogP contribution in [-0.2, 0) is 19.7 Å². The monoisotopic (exact) mass is 409 g/mol. The van der Waals surface area contributed by atoms with Gasteiger partial charge in [0.25, 0.3) is 5.91 Å². The van der Waals surface area contributed by atoms with Crippen LogP contribution in [0, 0.1) is 0 Å². The summed E-state index contributed by atoms with van der Waals surface area (Å²) in [6.07, 6.45) is 2.97. The SMILES string of the molecule is CC(C)(C)c1cc(NC(=O)COC(=O)/C=C/c2cccs2)n(-c2ccccc2)n1. The first kappa shape index (κ1) is 20.5. The van der Waals surface area contributed by atoms with E-state index in [-0.39, 0.29) is 12.0 Å². The van der Waals surface area contributed by atoms with Gasteiger partial charge in [0.15, 0.2) is 6.61 Å². The maximum Gasteiger partial charge on any atom is 0.331 e. The number of rotatable bonds is 6. The number of esters is 1. The van der Waals surface area contributed by atoms with E-state index >= 15 is 0 Å². The van der Waals surface area contributed by atoms with Gasteiger partial charge in [0.05, 0.1) is 11.4 Å². The number of anilines is 1. The molecule has 7 heteroatoms. The quantitative estimate of drug-likeness (QED) is 0.483. The molecule has 0 aliphatic rings. The number of ether oxygens (including phenoxy) is 1. The van der Waals surface area contributed by atoms with Crippen LogP contribution < -0.4 is 5.32 Å². The Morgan fingerprint density at radius 3 is 2.59 bits per heavy atom. The van der Waals surface area contributed by atoms with Gasteiger partial charge in [-0.2, -0.15) is 5.10 Å². The van der Waals surface area contributed by atoms with E-state index in [0.717, 1.165) is 16.3 Å². The number of nitrogens with one attached hydrogen (secondary N) is 1. The fourth-order valence-corrected chi connectivity index (χ4v) is 3.12. The molecule has 1 aromatic carbocycles. The van der Waals surface area contributed by atoms with Crippen molar-refractivity contribution in [2.75, 3.05) is 11.9 Å². The first-order valence-electron chi connectivity index (χ1n) is 9.17. The summed E-state index contributed by atoms with van der Waals surface area (Å²) in [5, 5.41) is 9.35. The Morgan fingerprint density at radius 1 is 1.17 bits per heavy atom. The van der Waals surface area contributed by atoms with Gasteiger partial charge in [-0.3, -0.25) is 4.79 Å². The Morgan fingerprint density at radius 2 is 1.93 bits per heavy atom. The molecule has 29 heavy (non-hydrogen) atoms. The molecule has 1 N–H and O–H groups in total. The standard InChI is InChI=1S/C22H23N3O3S/c1-22(2,3)18-14-19(25(24-18)16-8-5-4-6-9-16)23-20(26)15-28-21(27)12-11-17-10-7-13-29-17/h4-14H,15H2,1-3H3,(H,23,26)/b12-11+. The molecule has 6 nitrogen and oxygen atoms in total. The van der Waals surface area contributed by atoms with E-state index in [1.165, 1.54) is 17.4 Å². The molecule has 2 aromatic heterocycles. The minimum Gasteiger partial charge on any atom is -0.452 e. The molecule has 0 radical (unpaired) electrons. The highest BCUT2D eigenvalue weighted by atomic mass is 32.1. The summed E-state index contributed by atoms with van der Waals surface area (Å²) in [5.41, 5.74) is 1.49. The van der Waals surface area contributed by atoms with Gasteiger partial charge in [0.1, 0.15) is 5.82 Å². The van der Waals surface area contributed by atoms with Crippen molar-refractivity contribution in [3.05, 3.63) is 70.6 Å². The van der Waals surface area contributed by atoms with Gasteiger partial charge in [0.2, 0.25) is 0 Å². The smallest absolute Gasteiger partial charge is 0.331 e.